The third-order valence-electron chi connectivity index (χ3n) is 6.20. The summed E-state index contributed by atoms with van der Waals surface area (Å²) in [5.41, 5.74) is 3.79. The second kappa shape index (κ2) is 7.83. The first-order valence-corrected chi connectivity index (χ1v) is 10.3. The van der Waals surface area contributed by atoms with Crippen LogP contribution >= 0.6 is 0 Å². The van der Waals surface area contributed by atoms with Gasteiger partial charge in [0.25, 0.3) is 0 Å². The highest BCUT2D eigenvalue weighted by Crippen LogP contribution is 2.44. The SMILES string of the molecule is C[C@H](NC(=O)OCC1c2ccccc2-c2ccccc21)C(=O)N1CCC[C@@]1(C)C#N. The molecule has 1 N–H and O–H groups in total. The molecule has 0 spiro atoms. The molecule has 1 heterocycles. The molecular formula is C24H25N3O3. The molecule has 4 rings (SSSR count). The van der Waals surface area contributed by atoms with E-state index in [0.29, 0.717) is 13.0 Å². The van der Waals surface area contributed by atoms with E-state index in [-0.39, 0.29) is 18.4 Å². The minimum Gasteiger partial charge on any atom is -0.449 e. The number of nitrogens with zero attached hydrogens (tertiary/aromatic N) is 2. The third-order valence-corrected chi connectivity index (χ3v) is 6.20. The number of benzene rings is 2. The number of rotatable bonds is 4. The van der Waals surface area contributed by atoms with E-state index < -0.39 is 17.7 Å². The van der Waals surface area contributed by atoms with Gasteiger partial charge in [-0.3, -0.25) is 4.79 Å². The van der Waals surface area contributed by atoms with E-state index in [1.54, 1.807) is 18.7 Å². The summed E-state index contributed by atoms with van der Waals surface area (Å²) in [6.45, 7) is 4.11. The van der Waals surface area contributed by atoms with Crippen molar-refractivity contribution < 1.29 is 14.3 Å². The summed E-state index contributed by atoms with van der Waals surface area (Å²) in [4.78, 5) is 26.7. The van der Waals surface area contributed by atoms with Crippen LogP contribution in [0.1, 0.15) is 43.7 Å². The van der Waals surface area contributed by atoms with Crippen LogP contribution in [0.25, 0.3) is 11.1 Å². The Balaban J connectivity index is 1.40. The highest BCUT2D eigenvalue weighted by atomic mass is 16.5. The number of nitrogens with one attached hydrogen (secondary N) is 1. The maximum absolute atomic E-state index is 12.7. The summed E-state index contributed by atoms with van der Waals surface area (Å²) >= 11 is 0. The molecule has 2 amide bonds. The lowest BCUT2D eigenvalue weighted by Crippen LogP contribution is -2.52. The lowest BCUT2D eigenvalue weighted by atomic mass is 9.98. The van der Waals surface area contributed by atoms with Crippen molar-refractivity contribution in [2.24, 2.45) is 0 Å². The molecule has 1 fully saturated rings. The van der Waals surface area contributed by atoms with Crippen LogP contribution in [0.3, 0.4) is 0 Å². The minimum absolute atomic E-state index is 0.0328. The lowest BCUT2D eigenvalue weighted by molar-refractivity contribution is -0.135. The maximum Gasteiger partial charge on any atom is 0.407 e. The first-order chi connectivity index (χ1) is 14.4. The predicted octanol–water partition coefficient (Wildman–Crippen LogP) is 3.82. The molecule has 0 aromatic heterocycles. The van der Waals surface area contributed by atoms with Gasteiger partial charge in [0.15, 0.2) is 0 Å². The summed E-state index contributed by atoms with van der Waals surface area (Å²) < 4.78 is 5.52. The summed E-state index contributed by atoms with van der Waals surface area (Å²) in [6, 6.07) is 17.7. The number of hydrogen-bond donors (Lipinski definition) is 1. The van der Waals surface area contributed by atoms with Gasteiger partial charge in [0.05, 0.1) is 6.07 Å². The van der Waals surface area contributed by atoms with Crippen molar-refractivity contribution in [2.45, 2.75) is 44.2 Å². The monoisotopic (exact) mass is 403 g/mol. The number of nitriles is 1. The summed E-state index contributed by atoms with van der Waals surface area (Å²) in [6.07, 6.45) is 0.802. The molecule has 30 heavy (non-hydrogen) atoms. The molecule has 154 valence electrons. The molecule has 6 heteroatoms. The number of likely N-dealkylation sites (tertiary alicyclic amines) is 1. The van der Waals surface area contributed by atoms with E-state index in [2.05, 4.69) is 35.7 Å². The van der Waals surface area contributed by atoms with Crippen LogP contribution < -0.4 is 5.32 Å². The van der Waals surface area contributed by atoms with Gasteiger partial charge in [-0.05, 0) is 48.9 Å². The van der Waals surface area contributed by atoms with Crippen molar-refractivity contribution in [1.82, 2.24) is 10.2 Å². The zero-order chi connectivity index (χ0) is 21.3. The molecule has 0 radical (unpaired) electrons. The molecule has 6 nitrogen and oxygen atoms in total. The van der Waals surface area contributed by atoms with Crippen LogP contribution in [-0.4, -0.2) is 41.6 Å². The highest BCUT2D eigenvalue weighted by molar-refractivity contribution is 5.86. The predicted molar refractivity (Wildman–Crippen MR) is 113 cm³/mol. The first kappa shape index (κ1) is 20.0. The zero-order valence-electron chi connectivity index (χ0n) is 17.2. The van der Waals surface area contributed by atoms with Gasteiger partial charge in [-0.15, -0.1) is 0 Å². The van der Waals surface area contributed by atoms with Gasteiger partial charge in [-0.25, -0.2) is 4.79 Å². The average Bonchev–Trinajstić information content (AvgIpc) is 3.30. The molecule has 0 bridgehead atoms. The molecule has 1 aliphatic heterocycles. The van der Waals surface area contributed by atoms with Gasteiger partial charge in [0, 0.05) is 12.5 Å². The van der Waals surface area contributed by atoms with Gasteiger partial charge in [0.1, 0.15) is 18.2 Å². The van der Waals surface area contributed by atoms with Crippen molar-refractivity contribution in [3.05, 3.63) is 59.7 Å². The van der Waals surface area contributed by atoms with Crippen LogP contribution in [0.2, 0.25) is 0 Å². The number of carbonyl (C=O) groups is 2. The maximum atomic E-state index is 12.7. The first-order valence-electron chi connectivity index (χ1n) is 10.3. The van der Waals surface area contributed by atoms with E-state index in [4.69, 9.17) is 4.74 Å². The topological polar surface area (TPSA) is 82.4 Å². The Kier molecular flexibility index (Phi) is 5.21. The fourth-order valence-corrected chi connectivity index (χ4v) is 4.55. The molecule has 2 aromatic carbocycles. The number of carbonyl (C=O) groups excluding carboxylic acids is 2. The fourth-order valence-electron chi connectivity index (χ4n) is 4.55. The second-order valence-electron chi connectivity index (χ2n) is 8.17. The Morgan fingerprint density at radius 3 is 2.40 bits per heavy atom. The molecule has 1 saturated heterocycles. The smallest absolute Gasteiger partial charge is 0.407 e. The zero-order valence-corrected chi connectivity index (χ0v) is 17.2. The van der Waals surface area contributed by atoms with Gasteiger partial charge in [-0.2, -0.15) is 5.26 Å². The molecule has 2 atom stereocenters. The number of fused-ring (bicyclic) bond motifs is 3. The Labute approximate surface area is 176 Å². The van der Waals surface area contributed by atoms with Crippen LogP contribution in [0.15, 0.2) is 48.5 Å². The fraction of sp³-hybridized carbons (Fsp3) is 0.375. The minimum atomic E-state index is -0.811. The Morgan fingerprint density at radius 1 is 1.20 bits per heavy atom. The molecule has 0 saturated carbocycles. The van der Waals surface area contributed by atoms with Crippen LogP contribution in [0, 0.1) is 11.3 Å². The Hall–Kier alpha value is -3.33. The van der Waals surface area contributed by atoms with E-state index >= 15 is 0 Å². The molecule has 2 aliphatic rings. The Bertz CT molecular complexity index is 983. The molecule has 2 aromatic rings. The number of ether oxygens (including phenoxy) is 1. The second-order valence-corrected chi connectivity index (χ2v) is 8.17. The lowest BCUT2D eigenvalue weighted by Gasteiger charge is -2.31. The van der Waals surface area contributed by atoms with Gasteiger partial charge < -0.3 is 15.0 Å². The molecule has 1 aliphatic carbocycles. The van der Waals surface area contributed by atoms with Gasteiger partial charge in [0.2, 0.25) is 5.91 Å². The van der Waals surface area contributed by atoms with Crippen molar-refractivity contribution >= 4 is 12.0 Å². The van der Waals surface area contributed by atoms with Crippen LogP contribution in [0.5, 0.6) is 0 Å². The molecular weight excluding hydrogens is 378 g/mol. The summed E-state index contributed by atoms with van der Waals surface area (Å²) in [7, 11) is 0. The molecule has 0 unspecified atom stereocenters. The van der Waals surface area contributed by atoms with Crippen molar-refractivity contribution in [3.63, 3.8) is 0 Å². The normalized spacial score (nSPS) is 20.8. The van der Waals surface area contributed by atoms with E-state index in [9.17, 15) is 14.9 Å². The quantitative estimate of drug-likeness (QED) is 0.841. The van der Waals surface area contributed by atoms with Crippen LogP contribution in [0.4, 0.5) is 4.79 Å². The third kappa shape index (κ3) is 3.41. The largest absolute Gasteiger partial charge is 0.449 e. The van der Waals surface area contributed by atoms with E-state index in [1.807, 2.05) is 24.3 Å². The van der Waals surface area contributed by atoms with E-state index in [0.717, 1.165) is 28.7 Å². The highest BCUT2D eigenvalue weighted by Gasteiger charge is 2.41. The summed E-state index contributed by atoms with van der Waals surface area (Å²) in [5, 5.41) is 12.0. The van der Waals surface area contributed by atoms with E-state index in [1.165, 1.54) is 0 Å². The summed E-state index contributed by atoms with van der Waals surface area (Å²) in [5.74, 6) is -0.292. The number of alkyl carbamates (subject to hydrolysis) is 1. The van der Waals surface area contributed by atoms with Crippen molar-refractivity contribution in [2.75, 3.05) is 13.2 Å². The Morgan fingerprint density at radius 2 is 1.80 bits per heavy atom. The van der Waals surface area contributed by atoms with Crippen LogP contribution in [-0.2, 0) is 9.53 Å². The average molecular weight is 403 g/mol. The number of amides is 2. The standard InChI is InChI=1S/C24H25N3O3/c1-16(22(28)27-13-7-12-24(27,2)15-25)26-23(29)30-14-21-19-10-5-3-8-17(19)18-9-4-6-11-20(18)21/h3-6,8-11,16,21H,7,12-14H2,1-2H3,(H,26,29)/t16-,24-/m0/s1. The number of hydrogen-bond acceptors (Lipinski definition) is 4. The van der Waals surface area contributed by atoms with Gasteiger partial charge >= 0.3 is 6.09 Å². The van der Waals surface area contributed by atoms with Crippen molar-refractivity contribution in [1.29, 1.82) is 5.26 Å². The van der Waals surface area contributed by atoms with Crippen molar-refractivity contribution in [3.8, 4) is 17.2 Å². The van der Waals surface area contributed by atoms with Gasteiger partial charge in [-0.1, -0.05) is 48.5 Å².